The van der Waals surface area contributed by atoms with Crippen LogP contribution < -0.4 is 14.8 Å². The van der Waals surface area contributed by atoms with Crippen molar-refractivity contribution >= 4 is 34.1 Å². The smallest absolute Gasteiger partial charge is 0.260 e. The fourth-order valence-corrected chi connectivity index (χ4v) is 4.52. The van der Waals surface area contributed by atoms with E-state index in [1.54, 1.807) is 32.5 Å². The van der Waals surface area contributed by atoms with Crippen LogP contribution in [0.15, 0.2) is 57.5 Å². The van der Waals surface area contributed by atoms with E-state index in [-0.39, 0.29) is 5.91 Å². The minimum Gasteiger partial charge on any atom is -0.497 e. The van der Waals surface area contributed by atoms with Gasteiger partial charge in [-0.1, -0.05) is 16.9 Å². The quantitative estimate of drug-likeness (QED) is 0.358. The molecule has 164 valence electrons. The number of nitrogens with zero attached hydrogens (tertiary/aromatic N) is 3. The van der Waals surface area contributed by atoms with Gasteiger partial charge in [-0.3, -0.25) is 10.1 Å². The number of ether oxygens (including phenoxy) is 2. The monoisotopic (exact) mass is 468 g/mol. The van der Waals surface area contributed by atoms with Gasteiger partial charge in [0, 0.05) is 29.0 Å². The lowest BCUT2D eigenvalue weighted by molar-refractivity contribution is 0.102. The van der Waals surface area contributed by atoms with Crippen LogP contribution in [0.2, 0.25) is 0 Å². The van der Waals surface area contributed by atoms with Crippen molar-refractivity contribution in [2.45, 2.75) is 17.7 Å². The summed E-state index contributed by atoms with van der Waals surface area (Å²) in [5.41, 5.74) is 2.72. The fourth-order valence-electron chi connectivity index (χ4n) is 2.94. The molecule has 8 nitrogen and oxygen atoms in total. The number of pyridine rings is 1. The first kappa shape index (κ1) is 21.8. The number of thioether (sulfide) groups is 1. The number of carbonyl (C=O) groups is 1. The Morgan fingerprint density at radius 2 is 2.09 bits per heavy atom. The maximum Gasteiger partial charge on any atom is 0.260 e. The van der Waals surface area contributed by atoms with Gasteiger partial charge in [-0.15, -0.1) is 11.3 Å². The normalized spacial score (nSPS) is 10.7. The van der Waals surface area contributed by atoms with Crippen molar-refractivity contribution < 1.29 is 18.8 Å². The molecule has 0 saturated heterocycles. The molecule has 0 unspecified atom stereocenters. The van der Waals surface area contributed by atoms with Gasteiger partial charge >= 0.3 is 0 Å². The standard InChI is InChI=1S/C22H20N4O4S2/c1-13-9-14(26-30-13)11-31-21-16(5-4-8-23-21)20(27)25-22-24-18(12-32-22)17-10-15(28-2)6-7-19(17)29-3/h4-10,12H,11H2,1-3H3,(H,24,25,27). The number of nitrogens with one attached hydrogen (secondary N) is 1. The lowest BCUT2D eigenvalue weighted by Crippen LogP contribution is -2.13. The number of hydrogen-bond donors (Lipinski definition) is 1. The molecule has 10 heteroatoms. The highest BCUT2D eigenvalue weighted by Crippen LogP contribution is 2.35. The number of aromatic nitrogens is 3. The molecule has 0 aliphatic heterocycles. The van der Waals surface area contributed by atoms with Crippen molar-refractivity contribution in [2.24, 2.45) is 0 Å². The molecule has 1 N–H and O–H groups in total. The Labute approximate surface area is 193 Å². The Kier molecular flexibility index (Phi) is 6.72. The summed E-state index contributed by atoms with van der Waals surface area (Å²) in [6.07, 6.45) is 1.66. The molecule has 1 amide bonds. The summed E-state index contributed by atoms with van der Waals surface area (Å²) in [6, 6.07) is 10.8. The number of carbonyl (C=O) groups excluding carboxylic acids is 1. The number of anilines is 1. The van der Waals surface area contributed by atoms with Crippen molar-refractivity contribution in [3.63, 3.8) is 0 Å². The van der Waals surface area contributed by atoms with Crippen LogP contribution in [-0.4, -0.2) is 35.3 Å². The predicted octanol–water partition coefficient (Wildman–Crippen LogP) is 5.06. The topological polar surface area (TPSA) is 99.4 Å². The average molecular weight is 469 g/mol. The van der Waals surface area contributed by atoms with Gasteiger partial charge in [0.25, 0.3) is 5.91 Å². The molecular weight excluding hydrogens is 448 g/mol. The number of methoxy groups -OCH3 is 2. The van der Waals surface area contributed by atoms with Gasteiger partial charge in [-0.05, 0) is 37.3 Å². The van der Waals surface area contributed by atoms with Crippen LogP contribution in [0.3, 0.4) is 0 Å². The zero-order chi connectivity index (χ0) is 22.5. The molecule has 0 aliphatic rings. The third-order valence-corrected chi connectivity index (χ3v) is 6.25. The van der Waals surface area contributed by atoms with E-state index in [9.17, 15) is 4.79 Å². The van der Waals surface area contributed by atoms with Crippen LogP contribution in [0.4, 0.5) is 5.13 Å². The van der Waals surface area contributed by atoms with E-state index in [4.69, 9.17) is 14.0 Å². The number of amides is 1. The van der Waals surface area contributed by atoms with Gasteiger partial charge in [-0.2, -0.15) is 0 Å². The Balaban J connectivity index is 1.50. The summed E-state index contributed by atoms with van der Waals surface area (Å²) in [5.74, 6) is 2.37. The van der Waals surface area contributed by atoms with E-state index in [1.807, 2.05) is 36.6 Å². The minimum atomic E-state index is -0.282. The third-order valence-electron chi connectivity index (χ3n) is 4.46. The first-order chi connectivity index (χ1) is 15.6. The molecule has 4 aromatic rings. The van der Waals surface area contributed by atoms with Crippen LogP contribution in [0.5, 0.6) is 11.5 Å². The molecule has 32 heavy (non-hydrogen) atoms. The molecule has 0 bridgehead atoms. The Morgan fingerprint density at radius 1 is 1.22 bits per heavy atom. The summed E-state index contributed by atoms with van der Waals surface area (Å²) < 4.78 is 15.8. The van der Waals surface area contributed by atoms with E-state index < -0.39 is 0 Å². The van der Waals surface area contributed by atoms with Crippen molar-refractivity contribution in [3.8, 4) is 22.8 Å². The predicted molar refractivity (Wildman–Crippen MR) is 124 cm³/mol. The Hall–Kier alpha value is -3.37. The summed E-state index contributed by atoms with van der Waals surface area (Å²) in [5, 5.41) is 9.79. The first-order valence-electron chi connectivity index (χ1n) is 9.56. The van der Waals surface area contributed by atoms with E-state index in [2.05, 4.69) is 20.4 Å². The highest BCUT2D eigenvalue weighted by molar-refractivity contribution is 7.98. The number of benzene rings is 1. The van der Waals surface area contributed by atoms with Crippen LogP contribution in [-0.2, 0) is 5.75 Å². The van der Waals surface area contributed by atoms with Crippen LogP contribution >= 0.6 is 23.1 Å². The van der Waals surface area contributed by atoms with Gasteiger partial charge in [0.15, 0.2) is 5.13 Å². The second kappa shape index (κ2) is 9.84. The van der Waals surface area contributed by atoms with E-state index in [1.165, 1.54) is 23.1 Å². The minimum absolute atomic E-state index is 0.282. The van der Waals surface area contributed by atoms with Crippen molar-refractivity contribution in [1.29, 1.82) is 0 Å². The Morgan fingerprint density at radius 3 is 2.84 bits per heavy atom. The number of hydrogen-bond acceptors (Lipinski definition) is 9. The van der Waals surface area contributed by atoms with Gasteiger partial charge in [-0.25, -0.2) is 9.97 Å². The molecule has 0 spiro atoms. The average Bonchev–Trinajstić information content (AvgIpc) is 3.46. The lowest BCUT2D eigenvalue weighted by Gasteiger charge is -2.08. The molecule has 4 rings (SSSR count). The van der Waals surface area contributed by atoms with E-state index in [0.29, 0.717) is 38.7 Å². The maximum atomic E-state index is 12.9. The summed E-state index contributed by atoms with van der Waals surface area (Å²) in [4.78, 5) is 21.9. The molecule has 0 radical (unpaired) electrons. The highest BCUT2D eigenvalue weighted by atomic mass is 32.2. The molecule has 3 heterocycles. The molecule has 0 aliphatic carbocycles. The summed E-state index contributed by atoms with van der Waals surface area (Å²) in [6.45, 7) is 1.84. The molecular formula is C22H20N4O4S2. The SMILES string of the molecule is COc1ccc(OC)c(-c2csc(NC(=O)c3cccnc3SCc3cc(C)on3)n2)c1. The first-order valence-corrected chi connectivity index (χ1v) is 11.4. The largest absolute Gasteiger partial charge is 0.497 e. The lowest BCUT2D eigenvalue weighted by atomic mass is 10.1. The highest BCUT2D eigenvalue weighted by Gasteiger charge is 2.17. The molecule has 0 atom stereocenters. The third kappa shape index (κ3) is 4.92. The second-order valence-corrected chi connectivity index (χ2v) is 8.45. The fraction of sp³-hybridized carbons (Fsp3) is 0.182. The van der Waals surface area contributed by atoms with Crippen molar-refractivity contribution in [1.82, 2.24) is 15.1 Å². The number of aryl methyl sites for hydroxylation is 1. The van der Waals surface area contributed by atoms with Crippen LogP contribution in [0, 0.1) is 6.92 Å². The zero-order valence-corrected chi connectivity index (χ0v) is 19.3. The van der Waals surface area contributed by atoms with Gasteiger partial charge in [0.05, 0.1) is 31.2 Å². The van der Waals surface area contributed by atoms with Gasteiger partial charge in [0.1, 0.15) is 22.3 Å². The molecule has 3 aromatic heterocycles. The number of rotatable bonds is 8. The van der Waals surface area contributed by atoms with E-state index >= 15 is 0 Å². The number of thiazole rings is 1. The van der Waals surface area contributed by atoms with Gasteiger partial charge < -0.3 is 14.0 Å². The van der Waals surface area contributed by atoms with Crippen molar-refractivity contribution in [3.05, 3.63) is 65.0 Å². The van der Waals surface area contributed by atoms with Crippen LogP contribution in [0.1, 0.15) is 21.8 Å². The van der Waals surface area contributed by atoms with Gasteiger partial charge in [0.2, 0.25) is 0 Å². The summed E-state index contributed by atoms with van der Waals surface area (Å²) >= 11 is 2.75. The Bertz CT molecular complexity index is 1240. The van der Waals surface area contributed by atoms with Crippen molar-refractivity contribution in [2.75, 3.05) is 19.5 Å². The molecule has 1 aromatic carbocycles. The zero-order valence-electron chi connectivity index (χ0n) is 17.6. The second-order valence-electron chi connectivity index (χ2n) is 6.63. The molecule has 0 saturated carbocycles. The van der Waals surface area contributed by atoms with Crippen LogP contribution in [0.25, 0.3) is 11.3 Å². The molecule has 0 fully saturated rings. The summed E-state index contributed by atoms with van der Waals surface area (Å²) in [7, 11) is 3.20. The maximum absolute atomic E-state index is 12.9. The van der Waals surface area contributed by atoms with E-state index in [0.717, 1.165) is 17.0 Å².